The van der Waals surface area contributed by atoms with Gasteiger partial charge in [-0.3, -0.25) is 4.79 Å². The lowest BCUT2D eigenvalue weighted by atomic mass is 9.87. The fourth-order valence-corrected chi connectivity index (χ4v) is 2.71. The Morgan fingerprint density at radius 1 is 1.39 bits per heavy atom. The van der Waals surface area contributed by atoms with E-state index in [1.807, 2.05) is 24.3 Å². The van der Waals surface area contributed by atoms with Crippen molar-refractivity contribution in [1.82, 2.24) is 5.32 Å². The van der Waals surface area contributed by atoms with Crippen molar-refractivity contribution in [3.8, 4) is 0 Å². The Bertz CT molecular complexity index is 417. The number of amides is 1. The van der Waals surface area contributed by atoms with E-state index in [1.165, 1.54) is 12.8 Å². The number of hydrogen-bond donors (Lipinski definition) is 2. The molecule has 0 spiro atoms. The molecule has 3 N–H and O–H groups in total. The summed E-state index contributed by atoms with van der Waals surface area (Å²) in [5, 5.41) is 3.13. The summed E-state index contributed by atoms with van der Waals surface area (Å²) in [6.45, 7) is 2.26. The number of nitrogens with two attached hydrogens (primary N) is 1. The van der Waals surface area contributed by atoms with Crippen LogP contribution in [0.2, 0.25) is 0 Å². The number of para-hydroxylation sites is 1. The largest absolute Gasteiger partial charge is 0.398 e. The number of carbonyl (C=O) groups is 1. The molecule has 1 aromatic rings. The van der Waals surface area contributed by atoms with Gasteiger partial charge in [-0.15, -0.1) is 0 Å². The van der Waals surface area contributed by atoms with Crippen molar-refractivity contribution in [2.45, 2.75) is 45.1 Å². The van der Waals surface area contributed by atoms with Gasteiger partial charge >= 0.3 is 0 Å². The number of benzene rings is 1. The minimum Gasteiger partial charge on any atom is -0.398 e. The van der Waals surface area contributed by atoms with E-state index in [9.17, 15) is 4.79 Å². The summed E-state index contributed by atoms with van der Waals surface area (Å²) in [5.74, 6) is 0.817. The van der Waals surface area contributed by atoms with Gasteiger partial charge < -0.3 is 11.1 Å². The molecule has 0 aliphatic heterocycles. The van der Waals surface area contributed by atoms with Crippen molar-refractivity contribution in [1.29, 1.82) is 0 Å². The minimum absolute atomic E-state index is 0.0898. The lowest BCUT2D eigenvalue weighted by Gasteiger charge is -2.27. The normalized spacial score (nSPS) is 23.6. The molecule has 2 rings (SSSR count). The van der Waals surface area contributed by atoms with Crippen LogP contribution >= 0.6 is 0 Å². The Labute approximate surface area is 109 Å². The van der Waals surface area contributed by atoms with Crippen molar-refractivity contribution < 1.29 is 4.79 Å². The quantitative estimate of drug-likeness (QED) is 0.805. The van der Waals surface area contributed by atoms with Crippen LogP contribution in [-0.4, -0.2) is 11.9 Å². The van der Waals surface area contributed by atoms with Crippen LogP contribution in [0.25, 0.3) is 0 Å². The maximum atomic E-state index is 12.0. The number of carbonyl (C=O) groups excluding carboxylic acids is 1. The van der Waals surface area contributed by atoms with Gasteiger partial charge in [-0.1, -0.05) is 38.0 Å². The smallest absolute Gasteiger partial charge is 0.224 e. The van der Waals surface area contributed by atoms with Gasteiger partial charge in [0.15, 0.2) is 0 Å². The van der Waals surface area contributed by atoms with E-state index >= 15 is 0 Å². The lowest BCUT2D eigenvalue weighted by Crippen LogP contribution is -2.38. The summed E-state index contributed by atoms with van der Waals surface area (Å²) >= 11 is 0. The van der Waals surface area contributed by atoms with Crippen molar-refractivity contribution in [3.63, 3.8) is 0 Å². The summed E-state index contributed by atoms with van der Waals surface area (Å²) in [6.07, 6.45) is 5.12. The summed E-state index contributed by atoms with van der Waals surface area (Å²) in [7, 11) is 0. The van der Waals surface area contributed by atoms with Gasteiger partial charge in [0.25, 0.3) is 0 Å². The van der Waals surface area contributed by atoms with Gasteiger partial charge in [0, 0.05) is 11.7 Å². The molecule has 3 heteroatoms. The molecule has 1 saturated carbocycles. The summed E-state index contributed by atoms with van der Waals surface area (Å²) in [6, 6.07) is 7.91. The van der Waals surface area contributed by atoms with Crippen LogP contribution in [-0.2, 0) is 11.2 Å². The average Bonchev–Trinajstić information content (AvgIpc) is 2.32. The Morgan fingerprint density at radius 3 is 2.89 bits per heavy atom. The SMILES string of the molecule is C[C@H]1CCC[C@@H](NC(=O)Cc2ccccc2N)C1. The van der Waals surface area contributed by atoms with E-state index in [0.717, 1.165) is 24.3 Å². The number of hydrogen-bond acceptors (Lipinski definition) is 2. The van der Waals surface area contributed by atoms with Gasteiger partial charge in [0.2, 0.25) is 5.91 Å². The highest BCUT2D eigenvalue weighted by atomic mass is 16.1. The maximum Gasteiger partial charge on any atom is 0.224 e. The van der Waals surface area contributed by atoms with Gasteiger partial charge in [0.1, 0.15) is 0 Å². The molecule has 18 heavy (non-hydrogen) atoms. The van der Waals surface area contributed by atoms with Crippen LogP contribution in [0.15, 0.2) is 24.3 Å². The summed E-state index contributed by atoms with van der Waals surface area (Å²) in [5.41, 5.74) is 7.46. The van der Waals surface area contributed by atoms with Crippen LogP contribution in [0.1, 0.15) is 38.2 Å². The second kappa shape index (κ2) is 5.89. The molecule has 1 aliphatic carbocycles. The first-order valence-corrected chi connectivity index (χ1v) is 6.78. The first-order valence-electron chi connectivity index (χ1n) is 6.78. The molecule has 0 bridgehead atoms. The second-order valence-corrected chi connectivity index (χ2v) is 5.41. The maximum absolute atomic E-state index is 12.0. The third-order valence-corrected chi connectivity index (χ3v) is 3.71. The first kappa shape index (κ1) is 12.9. The molecule has 0 heterocycles. The Morgan fingerprint density at radius 2 is 2.17 bits per heavy atom. The summed E-state index contributed by atoms with van der Waals surface area (Å²) in [4.78, 5) is 12.0. The van der Waals surface area contributed by atoms with E-state index in [0.29, 0.717) is 18.2 Å². The van der Waals surface area contributed by atoms with E-state index < -0.39 is 0 Å². The second-order valence-electron chi connectivity index (χ2n) is 5.41. The molecule has 98 valence electrons. The topological polar surface area (TPSA) is 55.1 Å². The van der Waals surface area contributed by atoms with Gasteiger partial charge in [-0.2, -0.15) is 0 Å². The van der Waals surface area contributed by atoms with Crippen molar-refractivity contribution in [2.24, 2.45) is 5.92 Å². The van der Waals surface area contributed by atoms with Crippen LogP contribution in [0, 0.1) is 5.92 Å². The van der Waals surface area contributed by atoms with Crippen LogP contribution < -0.4 is 11.1 Å². The van der Waals surface area contributed by atoms with Crippen molar-refractivity contribution >= 4 is 11.6 Å². The highest BCUT2D eigenvalue weighted by Gasteiger charge is 2.20. The lowest BCUT2D eigenvalue weighted by molar-refractivity contribution is -0.121. The average molecular weight is 246 g/mol. The zero-order chi connectivity index (χ0) is 13.0. The highest BCUT2D eigenvalue weighted by Crippen LogP contribution is 2.23. The fourth-order valence-electron chi connectivity index (χ4n) is 2.71. The molecule has 1 amide bonds. The third-order valence-electron chi connectivity index (χ3n) is 3.71. The Kier molecular flexibility index (Phi) is 4.24. The Hall–Kier alpha value is -1.51. The molecule has 1 aliphatic rings. The highest BCUT2D eigenvalue weighted by molar-refractivity contribution is 5.80. The molecule has 0 radical (unpaired) electrons. The summed E-state index contributed by atoms with van der Waals surface area (Å²) < 4.78 is 0. The third kappa shape index (κ3) is 3.49. The zero-order valence-electron chi connectivity index (χ0n) is 11.0. The molecule has 3 nitrogen and oxygen atoms in total. The molecule has 0 unspecified atom stereocenters. The zero-order valence-corrected chi connectivity index (χ0v) is 11.0. The van der Waals surface area contributed by atoms with Crippen molar-refractivity contribution in [2.75, 3.05) is 5.73 Å². The van der Waals surface area contributed by atoms with Crippen molar-refractivity contribution in [3.05, 3.63) is 29.8 Å². The molecule has 0 aromatic heterocycles. The molecular weight excluding hydrogens is 224 g/mol. The van der Waals surface area contributed by atoms with E-state index in [4.69, 9.17) is 5.73 Å². The number of anilines is 1. The fraction of sp³-hybridized carbons (Fsp3) is 0.533. The number of nitrogen functional groups attached to an aromatic ring is 1. The van der Waals surface area contributed by atoms with Gasteiger partial charge in [0.05, 0.1) is 6.42 Å². The van der Waals surface area contributed by atoms with Gasteiger partial charge in [-0.25, -0.2) is 0 Å². The predicted octanol–water partition coefficient (Wildman–Crippen LogP) is 2.51. The first-order chi connectivity index (χ1) is 8.65. The van der Waals surface area contributed by atoms with E-state index in [2.05, 4.69) is 12.2 Å². The van der Waals surface area contributed by atoms with Crippen LogP contribution in [0.3, 0.4) is 0 Å². The van der Waals surface area contributed by atoms with Crippen LogP contribution in [0.5, 0.6) is 0 Å². The van der Waals surface area contributed by atoms with Crippen LogP contribution in [0.4, 0.5) is 5.69 Å². The number of rotatable bonds is 3. The van der Waals surface area contributed by atoms with Gasteiger partial charge in [-0.05, 0) is 30.4 Å². The molecule has 1 aromatic carbocycles. The standard InChI is InChI=1S/C15H22N2O/c1-11-5-4-7-13(9-11)17-15(18)10-12-6-2-3-8-14(12)16/h2-3,6,8,11,13H,4-5,7,9-10,16H2,1H3,(H,17,18)/t11-,13+/m0/s1. The molecule has 1 fully saturated rings. The monoisotopic (exact) mass is 246 g/mol. The molecular formula is C15H22N2O. The number of nitrogens with one attached hydrogen (secondary N) is 1. The van der Waals surface area contributed by atoms with E-state index in [-0.39, 0.29) is 5.91 Å². The van der Waals surface area contributed by atoms with E-state index in [1.54, 1.807) is 0 Å². The molecule has 2 atom stereocenters. The predicted molar refractivity (Wildman–Crippen MR) is 74.1 cm³/mol. The minimum atomic E-state index is 0.0898. The molecule has 0 saturated heterocycles. The Balaban J connectivity index is 1.87.